The lowest BCUT2D eigenvalue weighted by molar-refractivity contribution is 0.292. The van der Waals surface area contributed by atoms with Crippen molar-refractivity contribution in [2.24, 2.45) is 0 Å². The maximum absolute atomic E-state index is 12.9. The summed E-state index contributed by atoms with van der Waals surface area (Å²) in [6.45, 7) is 2.43. The molecular formula is C21H21N3O3S. The van der Waals surface area contributed by atoms with Gasteiger partial charge in [0.1, 0.15) is 6.04 Å². The van der Waals surface area contributed by atoms with E-state index in [9.17, 15) is 8.42 Å². The molecule has 1 atom stereocenters. The molecule has 0 amide bonds. The highest BCUT2D eigenvalue weighted by Crippen LogP contribution is 2.34. The Morgan fingerprint density at radius 1 is 1.14 bits per heavy atom. The van der Waals surface area contributed by atoms with E-state index < -0.39 is 16.1 Å². The predicted octanol–water partition coefficient (Wildman–Crippen LogP) is 4.18. The maximum atomic E-state index is 12.9. The van der Waals surface area contributed by atoms with Crippen molar-refractivity contribution in [1.82, 2.24) is 14.4 Å². The molecule has 0 radical (unpaired) electrons. The quantitative estimate of drug-likeness (QED) is 0.648. The molecule has 2 heterocycles. The molecule has 1 saturated heterocycles. The van der Waals surface area contributed by atoms with Gasteiger partial charge < -0.3 is 4.52 Å². The zero-order chi connectivity index (χ0) is 19.6. The van der Waals surface area contributed by atoms with E-state index in [0.717, 1.165) is 23.1 Å². The van der Waals surface area contributed by atoms with Crippen LogP contribution in [-0.4, -0.2) is 29.4 Å². The van der Waals surface area contributed by atoms with Crippen LogP contribution < -0.4 is 0 Å². The lowest BCUT2D eigenvalue weighted by Crippen LogP contribution is -2.29. The molecule has 0 bridgehead atoms. The number of hydrogen-bond acceptors (Lipinski definition) is 5. The van der Waals surface area contributed by atoms with E-state index in [1.807, 2.05) is 61.5 Å². The molecule has 0 N–H and O–H groups in total. The van der Waals surface area contributed by atoms with Crippen LogP contribution in [0, 0.1) is 6.92 Å². The van der Waals surface area contributed by atoms with Crippen molar-refractivity contribution in [2.75, 3.05) is 6.54 Å². The van der Waals surface area contributed by atoms with Crippen molar-refractivity contribution < 1.29 is 12.9 Å². The Labute approximate surface area is 164 Å². The minimum Gasteiger partial charge on any atom is -0.337 e. The van der Waals surface area contributed by atoms with Gasteiger partial charge in [0.25, 0.3) is 0 Å². The molecule has 0 saturated carbocycles. The molecule has 1 aromatic heterocycles. The number of sulfonamides is 1. The van der Waals surface area contributed by atoms with Crippen LogP contribution in [0.1, 0.15) is 35.9 Å². The first-order valence-electron chi connectivity index (χ1n) is 9.18. The zero-order valence-electron chi connectivity index (χ0n) is 15.5. The fourth-order valence-electron chi connectivity index (χ4n) is 3.37. The Kier molecular flexibility index (Phi) is 5.11. The predicted molar refractivity (Wildman–Crippen MR) is 108 cm³/mol. The topological polar surface area (TPSA) is 76.3 Å². The molecular weight excluding hydrogens is 374 g/mol. The van der Waals surface area contributed by atoms with Gasteiger partial charge in [-0.05, 0) is 37.5 Å². The van der Waals surface area contributed by atoms with Gasteiger partial charge in [0.05, 0.1) is 0 Å². The highest BCUT2D eigenvalue weighted by Gasteiger charge is 2.37. The number of hydrogen-bond donors (Lipinski definition) is 0. The summed E-state index contributed by atoms with van der Waals surface area (Å²) in [6, 6.07) is 16.7. The normalized spacial score (nSPS) is 18.1. The number of aromatic nitrogens is 2. The summed E-state index contributed by atoms with van der Waals surface area (Å²) < 4.78 is 32.6. The van der Waals surface area contributed by atoms with Gasteiger partial charge in [-0.15, -0.1) is 0 Å². The lowest BCUT2D eigenvalue weighted by atomic mass is 10.1. The third-order valence-corrected chi connectivity index (χ3v) is 6.34. The van der Waals surface area contributed by atoms with Gasteiger partial charge in [0.15, 0.2) is 0 Å². The lowest BCUT2D eigenvalue weighted by Gasteiger charge is -2.19. The second-order valence-corrected chi connectivity index (χ2v) is 8.62. The van der Waals surface area contributed by atoms with Gasteiger partial charge in [0.2, 0.25) is 21.7 Å². The van der Waals surface area contributed by atoms with Crippen LogP contribution in [0.5, 0.6) is 0 Å². The second-order valence-electron chi connectivity index (χ2n) is 6.85. The minimum atomic E-state index is -3.59. The summed E-state index contributed by atoms with van der Waals surface area (Å²) in [7, 11) is -3.59. The van der Waals surface area contributed by atoms with E-state index in [2.05, 4.69) is 10.1 Å². The van der Waals surface area contributed by atoms with Crippen molar-refractivity contribution in [3.8, 4) is 11.4 Å². The molecule has 0 aliphatic carbocycles. The van der Waals surface area contributed by atoms with Gasteiger partial charge in [0, 0.05) is 17.5 Å². The van der Waals surface area contributed by atoms with Crippen LogP contribution in [0.15, 0.2) is 64.5 Å². The molecule has 1 aliphatic heterocycles. The molecule has 1 fully saturated rings. The number of rotatable bonds is 5. The van der Waals surface area contributed by atoms with Gasteiger partial charge in [-0.1, -0.05) is 59.3 Å². The third kappa shape index (κ3) is 3.90. The zero-order valence-corrected chi connectivity index (χ0v) is 16.3. The van der Waals surface area contributed by atoms with E-state index in [1.165, 1.54) is 9.71 Å². The maximum Gasteiger partial charge on any atom is 0.245 e. The molecule has 7 heteroatoms. The molecule has 0 spiro atoms. The molecule has 1 aliphatic rings. The van der Waals surface area contributed by atoms with E-state index in [1.54, 1.807) is 6.08 Å². The largest absolute Gasteiger partial charge is 0.337 e. The fourth-order valence-corrected chi connectivity index (χ4v) is 4.79. The molecule has 144 valence electrons. The monoisotopic (exact) mass is 395 g/mol. The summed E-state index contributed by atoms with van der Waals surface area (Å²) in [5, 5.41) is 5.31. The molecule has 28 heavy (non-hydrogen) atoms. The highest BCUT2D eigenvalue weighted by atomic mass is 32.2. The number of nitrogens with zero attached hydrogens (tertiary/aromatic N) is 3. The Bertz CT molecular complexity index is 1090. The standard InChI is InChI=1S/C21H21N3O3S/c1-16-7-5-10-18(15-16)20-22-21(27-23-20)19-11-6-13-24(19)28(25,26)14-12-17-8-3-2-4-9-17/h2-5,7-10,12,14-15,19H,6,11,13H2,1H3/b14-12+/t19-/m0/s1. The summed E-state index contributed by atoms with van der Waals surface area (Å²) in [5.74, 6) is 0.813. The SMILES string of the molecule is Cc1cccc(-c2noc([C@@H]3CCCN3S(=O)(=O)/C=C/c3ccccc3)n2)c1. The Balaban J connectivity index is 1.58. The van der Waals surface area contributed by atoms with E-state index >= 15 is 0 Å². The second kappa shape index (κ2) is 7.69. The van der Waals surface area contributed by atoms with Crippen molar-refractivity contribution >= 4 is 16.1 Å². The highest BCUT2D eigenvalue weighted by molar-refractivity contribution is 7.92. The summed E-state index contributed by atoms with van der Waals surface area (Å²) >= 11 is 0. The van der Waals surface area contributed by atoms with Crippen LogP contribution >= 0.6 is 0 Å². The molecule has 2 aromatic carbocycles. The van der Waals surface area contributed by atoms with E-state index in [-0.39, 0.29) is 0 Å². The summed E-state index contributed by atoms with van der Waals surface area (Å²) in [6.07, 6.45) is 3.02. The first kappa shape index (κ1) is 18.6. The minimum absolute atomic E-state index is 0.339. The number of aryl methyl sites for hydroxylation is 1. The van der Waals surface area contributed by atoms with Crippen molar-refractivity contribution in [2.45, 2.75) is 25.8 Å². The average molecular weight is 395 g/mol. The van der Waals surface area contributed by atoms with Gasteiger partial charge in [-0.25, -0.2) is 8.42 Å². The number of benzene rings is 2. The average Bonchev–Trinajstić information content (AvgIpc) is 3.37. The van der Waals surface area contributed by atoms with Crippen LogP contribution in [-0.2, 0) is 10.0 Å². The van der Waals surface area contributed by atoms with Crippen molar-refractivity contribution in [3.63, 3.8) is 0 Å². The molecule has 0 unspecified atom stereocenters. The van der Waals surface area contributed by atoms with Crippen LogP contribution in [0.2, 0.25) is 0 Å². The smallest absolute Gasteiger partial charge is 0.245 e. The molecule has 6 nitrogen and oxygen atoms in total. The van der Waals surface area contributed by atoms with Crippen LogP contribution in [0.3, 0.4) is 0 Å². The Morgan fingerprint density at radius 2 is 1.96 bits per heavy atom. The van der Waals surface area contributed by atoms with Gasteiger partial charge in [-0.2, -0.15) is 9.29 Å². The van der Waals surface area contributed by atoms with Gasteiger partial charge in [-0.3, -0.25) is 0 Å². The van der Waals surface area contributed by atoms with Gasteiger partial charge >= 0.3 is 0 Å². The summed E-state index contributed by atoms with van der Waals surface area (Å²) in [4.78, 5) is 4.48. The first-order valence-corrected chi connectivity index (χ1v) is 10.7. The summed E-state index contributed by atoms with van der Waals surface area (Å²) in [5.41, 5.74) is 2.78. The third-order valence-electron chi connectivity index (χ3n) is 4.77. The van der Waals surface area contributed by atoms with E-state index in [0.29, 0.717) is 24.7 Å². The Morgan fingerprint density at radius 3 is 2.75 bits per heavy atom. The molecule has 3 aromatic rings. The van der Waals surface area contributed by atoms with E-state index in [4.69, 9.17) is 4.52 Å². The van der Waals surface area contributed by atoms with Crippen LogP contribution in [0.25, 0.3) is 17.5 Å². The van der Waals surface area contributed by atoms with Crippen LogP contribution in [0.4, 0.5) is 0 Å². The first-order chi connectivity index (χ1) is 13.5. The van der Waals surface area contributed by atoms with Crippen molar-refractivity contribution in [3.05, 3.63) is 77.0 Å². The molecule has 4 rings (SSSR count). The fraction of sp³-hybridized carbons (Fsp3) is 0.238. The Hall–Kier alpha value is -2.77. The van der Waals surface area contributed by atoms with Crippen molar-refractivity contribution in [1.29, 1.82) is 0 Å².